The number of amides is 1. The highest BCUT2D eigenvalue weighted by Crippen LogP contribution is 2.20. The predicted molar refractivity (Wildman–Crippen MR) is 84.5 cm³/mol. The van der Waals surface area contributed by atoms with Gasteiger partial charge in [-0.25, -0.2) is 0 Å². The van der Waals surface area contributed by atoms with Gasteiger partial charge < -0.3 is 10.6 Å². The lowest BCUT2D eigenvalue weighted by Gasteiger charge is -2.29. The zero-order valence-corrected chi connectivity index (χ0v) is 13.7. The molecule has 0 aromatic carbocycles. The van der Waals surface area contributed by atoms with Gasteiger partial charge in [-0.15, -0.1) is 0 Å². The van der Waals surface area contributed by atoms with Crippen LogP contribution in [0.1, 0.15) is 60.8 Å². The van der Waals surface area contributed by atoms with Gasteiger partial charge in [-0.05, 0) is 52.5 Å². The van der Waals surface area contributed by atoms with E-state index in [4.69, 9.17) is 0 Å². The molecule has 0 saturated heterocycles. The maximum absolute atomic E-state index is 12.4. The van der Waals surface area contributed by atoms with Crippen molar-refractivity contribution < 1.29 is 4.79 Å². The highest BCUT2D eigenvalue weighted by molar-refractivity contribution is 5.96. The van der Waals surface area contributed by atoms with E-state index in [0.717, 1.165) is 49.2 Å². The Balaban J connectivity index is 1.87. The van der Waals surface area contributed by atoms with Crippen LogP contribution in [0.5, 0.6) is 0 Å². The van der Waals surface area contributed by atoms with E-state index < -0.39 is 0 Å². The first-order valence-corrected chi connectivity index (χ1v) is 8.07. The van der Waals surface area contributed by atoms with Crippen LogP contribution in [0.2, 0.25) is 0 Å². The molecule has 1 aliphatic carbocycles. The van der Waals surface area contributed by atoms with E-state index >= 15 is 0 Å². The number of aromatic nitrogens is 2. The van der Waals surface area contributed by atoms with E-state index in [2.05, 4.69) is 22.7 Å². The maximum atomic E-state index is 12.4. The quantitative estimate of drug-likeness (QED) is 0.873. The smallest absolute Gasteiger partial charge is 0.255 e. The highest BCUT2D eigenvalue weighted by atomic mass is 16.1. The largest absolute Gasteiger partial charge is 0.349 e. The van der Waals surface area contributed by atoms with Crippen molar-refractivity contribution in [2.24, 2.45) is 7.05 Å². The number of carbonyl (C=O) groups is 1. The first-order chi connectivity index (χ1) is 10.0. The summed E-state index contributed by atoms with van der Waals surface area (Å²) in [5.41, 5.74) is 2.48. The van der Waals surface area contributed by atoms with Crippen molar-refractivity contribution in [3.63, 3.8) is 0 Å². The summed E-state index contributed by atoms with van der Waals surface area (Å²) < 4.78 is 1.77. The second kappa shape index (κ2) is 7.07. The van der Waals surface area contributed by atoms with Crippen LogP contribution in [-0.2, 0) is 7.05 Å². The molecule has 118 valence electrons. The molecule has 1 aliphatic rings. The van der Waals surface area contributed by atoms with Crippen LogP contribution in [0.3, 0.4) is 0 Å². The molecular weight excluding hydrogens is 264 g/mol. The van der Waals surface area contributed by atoms with Gasteiger partial charge in [0.05, 0.1) is 11.3 Å². The standard InChI is InChI=1S/C16H28N4O/c1-5-10-17-13-6-8-14(9-7-13)18-16(21)15-11(2)19-20(4)12(15)3/h13-14,17H,5-10H2,1-4H3,(H,18,21). The van der Waals surface area contributed by atoms with Gasteiger partial charge in [-0.2, -0.15) is 5.10 Å². The van der Waals surface area contributed by atoms with Gasteiger partial charge in [0.2, 0.25) is 0 Å². The van der Waals surface area contributed by atoms with Crippen molar-refractivity contribution in [3.8, 4) is 0 Å². The van der Waals surface area contributed by atoms with Gasteiger partial charge in [0.1, 0.15) is 0 Å². The molecule has 1 saturated carbocycles. The Kier molecular flexibility index (Phi) is 5.39. The minimum absolute atomic E-state index is 0.0306. The SMILES string of the molecule is CCCNC1CCC(NC(=O)c2c(C)nn(C)c2C)CC1. The Morgan fingerprint density at radius 3 is 2.38 bits per heavy atom. The highest BCUT2D eigenvalue weighted by Gasteiger charge is 2.24. The summed E-state index contributed by atoms with van der Waals surface area (Å²) in [6.07, 6.45) is 5.60. The van der Waals surface area contributed by atoms with Crippen LogP contribution < -0.4 is 10.6 Å². The molecule has 0 bridgehead atoms. The minimum atomic E-state index is 0.0306. The fraction of sp³-hybridized carbons (Fsp3) is 0.750. The molecule has 0 radical (unpaired) electrons. The number of nitrogens with one attached hydrogen (secondary N) is 2. The number of aryl methyl sites for hydroxylation is 2. The van der Waals surface area contributed by atoms with Crippen LogP contribution in [0.4, 0.5) is 0 Å². The van der Waals surface area contributed by atoms with Crippen LogP contribution in [0, 0.1) is 13.8 Å². The zero-order valence-electron chi connectivity index (χ0n) is 13.7. The van der Waals surface area contributed by atoms with Crippen LogP contribution in [-0.4, -0.2) is 34.3 Å². The van der Waals surface area contributed by atoms with E-state index in [9.17, 15) is 4.79 Å². The maximum Gasteiger partial charge on any atom is 0.255 e. The van der Waals surface area contributed by atoms with Crippen molar-refractivity contribution in [1.82, 2.24) is 20.4 Å². The van der Waals surface area contributed by atoms with Crippen LogP contribution in [0.25, 0.3) is 0 Å². The summed E-state index contributed by atoms with van der Waals surface area (Å²) in [7, 11) is 1.88. The average Bonchev–Trinajstić information content (AvgIpc) is 2.71. The Labute approximate surface area is 127 Å². The topological polar surface area (TPSA) is 58.9 Å². The van der Waals surface area contributed by atoms with Crippen molar-refractivity contribution in [2.75, 3.05) is 6.54 Å². The number of hydrogen-bond acceptors (Lipinski definition) is 3. The second-order valence-electron chi connectivity index (χ2n) is 6.15. The number of nitrogens with zero attached hydrogens (tertiary/aromatic N) is 2. The minimum Gasteiger partial charge on any atom is -0.349 e. The number of hydrogen-bond donors (Lipinski definition) is 2. The monoisotopic (exact) mass is 292 g/mol. The lowest BCUT2D eigenvalue weighted by Crippen LogP contribution is -2.42. The molecule has 0 unspecified atom stereocenters. The van der Waals surface area contributed by atoms with Gasteiger partial charge >= 0.3 is 0 Å². The van der Waals surface area contributed by atoms with E-state index in [0.29, 0.717) is 12.1 Å². The summed E-state index contributed by atoms with van der Waals surface area (Å²) in [6.45, 7) is 7.13. The molecule has 1 aromatic heterocycles. The molecule has 1 heterocycles. The molecule has 0 aliphatic heterocycles. The lowest BCUT2D eigenvalue weighted by atomic mass is 9.91. The molecule has 5 heteroatoms. The summed E-state index contributed by atoms with van der Waals surface area (Å²) in [5, 5.41) is 11.1. The van der Waals surface area contributed by atoms with Gasteiger partial charge in [0.15, 0.2) is 0 Å². The Morgan fingerprint density at radius 1 is 1.24 bits per heavy atom. The first-order valence-electron chi connectivity index (χ1n) is 8.07. The van der Waals surface area contributed by atoms with E-state index in [1.54, 1.807) is 4.68 Å². The van der Waals surface area contributed by atoms with Crippen molar-refractivity contribution in [2.45, 2.75) is 65.0 Å². The Morgan fingerprint density at radius 2 is 1.86 bits per heavy atom. The molecule has 21 heavy (non-hydrogen) atoms. The average molecular weight is 292 g/mol. The van der Waals surface area contributed by atoms with Crippen molar-refractivity contribution in [1.29, 1.82) is 0 Å². The molecule has 1 amide bonds. The normalized spacial score (nSPS) is 22.3. The molecule has 2 rings (SSSR count). The van der Waals surface area contributed by atoms with Crippen molar-refractivity contribution in [3.05, 3.63) is 17.0 Å². The second-order valence-corrected chi connectivity index (χ2v) is 6.15. The molecule has 0 spiro atoms. The van der Waals surface area contributed by atoms with Gasteiger partial charge in [0, 0.05) is 24.8 Å². The number of rotatable bonds is 5. The third-order valence-electron chi connectivity index (χ3n) is 4.48. The van der Waals surface area contributed by atoms with Crippen LogP contribution >= 0.6 is 0 Å². The summed E-state index contributed by atoms with van der Waals surface area (Å²) in [6, 6.07) is 0.927. The van der Waals surface area contributed by atoms with E-state index in [1.165, 1.54) is 6.42 Å². The lowest BCUT2D eigenvalue weighted by molar-refractivity contribution is 0.0923. The predicted octanol–water partition coefficient (Wildman–Crippen LogP) is 2.08. The van der Waals surface area contributed by atoms with E-state index in [-0.39, 0.29) is 5.91 Å². The molecule has 5 nitrogen and oxygen atoms in total. The zero-order chi connectivity index (χ0) is 15.4. The van der Waals surface area contributed by atoms with Crippen LogP contribution in [0.15, 0.2) is 0 Å². The van der Waals surface area contributed by atoms with Gasteiger partial charge in [-0.1, -0.05) is 6.92 Å². The number of carbonyl (C=O) groups excluding carboxylic acids is 1. The third-order valence-corrected chi connectivity index (χ3v) is 4.48. The summed E-state index contributed by atoms with van der Waals surface area (Å²) in [5.74, 6) is 0.0306. The molecule has 1 fully saturated rings. The molecule has 1 aromatic rings. The fourth-order valence-electron chi connectivity index (χ4n) is 3.15. The molecule has 0 atom stereocenters. The molecule has 2 N–H and O–H groups in total. The Hall–Kier alpha value is -1.36. The first kappa shape index (κ1) is 16.0. The fourth-order valence-corrected chi connectivity index (χ4v) is 3.15. The van der Waals surface area contributed by atoms with Crippen molar-refractivity contribution >= 4 is 5.91 Å². The van der Waals surface area contributed by atoms with E-state index in [1.807, 2.05) is 20.9 Å². The summed E-state index contributed by atoms with van der Waals surface area (Å²) in [4.78, 5) is 12.4. The summed E-state index contributed by atoms with van der Waals surface area (Å²) >= 11 is 0. The third kappa shape index (κ3) is 3.84. The Bertz CT molecular complexity index is 487. The molecular formula is C16H28N4O. The van der Waals surface area contributed by atoms with Gasteiger partial charge in [-0.3, -0.25) is 9.48 Å². The van der Waals surface area contributed by atoms with Gasteiger partial charge in [0.25, 0.3) is 5.91 Å².